The van der Waals surface area contributed by atoms with Gasteiger partial charge in [-0.3, -0.25) is 5.84 Å². The number of hydrogen-bond donors (Lipinski definition) is 3. The number of aryl methyl sites for hydroxylation is 1. The highest BCUT2D eigenvalue weighted by atomic mass is 19.1. The Morgan fingerprint density at radius 1 is 1.36 bits per heavy atom. The van der Waals surface area contributed by atoms with Crippen molar-refractivity contribution >= 4 is 11.4 Å². The predicted octanol–water partition coefficient (Wildman–Crippen LogP) is 2.24. The van der Waals surface area contributed by atoms with Crippen molar-refractivity contribution in [1.82, 2.24) is 0 Å². The summed E-state index contributed by atoms with van der Waals surface area (Å²) in [5.41, 5.74) is 4.55. The molecular weight excluding hydrogens is 181 g/mol. The first-order valence-electron chi connectivity index (χ1n) is 4.69. The first-order chi connectivity index (χ1) is 6.69. The van der Waals surface area contributed by atoms with Crippen LogP contribution in [0, 0.1) is 12.7 Å². The van der Waals surface area contributed by atoms with Crippen LogP contribution in [0.4, 0.5) is 15.8 Å². The summed E-state index contributed by atoms with van der Waals surface area (Å²) in [5, 5.41) is 3.10. The Labute approximate surface area is 83.5 Å². The molecule has 0 bridgehead atoms. The summed E-state index contributed by atoms with van der Waals surface area (Å²) in [5.74, 6) is 5.11. The third-order valence-electron chi connectivity index (χ3n) is 2.02. The Morgan fingerprint density at radius 2 is 2.07 bits per heavy atom. The topological polar surface area (TPSA) is 50.1 Å². The van der Waals surface area contributed by atoms with Gasteiger partial charge in [-0.2, -0.15) is 0 Å². The van der Waals surface area contributed by atoms with Crippen LogP contribution in [0.1, 0.15) is 18.9 Å². The van der Waals surface area contributed by atoms with E-state index in [9.17, 15) is 4.39 Å². The van der Waals surface area contributed by atoms with Crippen molar-refractivity contribution in [2.24, 2.45) is 5.84 Å². The molecule has 0 fully saturated rings. The number of nitrogens with one attached hydrogen (secondary N) is 2. The molecular formula is C10H16FN3. The quantitative estimate of drug-likeness (QED) is 0.512. The molecule has 4 heteroatoms. The lowest BCUT2D eigenvalue weighted by atomic mass is 10.2. The van der Waals surface area contributed by atoms with E-state index in [1.807, 2.05) is 6.92 Å². The molecule has 0 amide bonds. The normalized spacial score (nSPS) is 10.0. The van der Waals surface area contributed by atoms with Crippen LogP contribution in [0.5, 0.6) is 0 Å². The third-order valence-corrected chi connectivity index (χ3v) is 2.02. The molecule has 14 heavy (non-hydrogen) atoms. The molecule has 4 N–H and O–H groups in total. The first kappa shape index (κ1) is 10.8. The molecule has 0 aliphatic carbocycles. The van der Waals surface area contributed by atoms with E-state index in [0.717, 1.165) is 18.7 Å². The van der Waals surface area contributed by atoms with Crippen LogP contribution in [-0.4, -0.2) is 6.54 Å². The molecule has 0 unspecified atom stereocenters. The van der Waals surface area contributed by atoms with Crippen LogP contribution >= 0.6 is 0 Å². The Kier molecular flexibility index (Phi) is 3.71. The van der Waals surface area contributed by atoms with E-state index >= 15 is 0 Å². The van der Waals surface area contributed by atoms with E-state index in [4.69, 9.17) is 5.84 Å². The molecule has 0 saturated carbocycles. The van der Waals surface area contributed by atoms with Crippen molar-refractivity contribution < 1.29 is 4.39 Å². The van der Waals surface area contributed by atoms with Gasteiger partial charge in [-0.05, 0) is 31.0 Å². The lowest BCUT2D eigenvalue weighted by molar-refractivity contribution is 0.619. The molecule has 0 aliphatic rings. The highest BCUT2D eigenvalue weighted by molar-refractivity contribution is 5.69. The fraction of sp³-hybridized carbons (Fsp3) is 0.400. The molecule has 0 heterocycles. The van der Waals surface area contributed by atoms with E-state index < -0.39 is 0 Å². The summed E-state index contributed by atoms with van der Waals surface area (Å²) in [6.07, 6.45) is 0.986. The fourth-order valence-electron chi connectivity index (χ4n) is 1.21. The van der Waals surface area contributed by atoms with Crippen molar-refractivity contribution in [3.8, 4) is 0 Å². The van der Waals surface area contributed by atoms with Gasteiger partial charge in [0.05, 0.1) is 11.4 Å². The predicted molar refractivity (Wildman–Crippen MR) is 57.7 cm³/mol. The fourth-order valence-corrected chi connectivity index (χ4v) is 1.21. The SMILES string of the molecule is CCCNc1cc(F)c(C)cc1NN. The number of halogens is 1. The molecule has 0 saturated heterocycles. The van der Waals surface area contributed by atoms with Gasteiger partial charge in [-0.15, -0.1) is 0 Å². The number of anilines is 2. The Morgan fingerprint density at radius 3 is 2.64 bits per heavy atom. The highest BCUT2D eigenvalue weighted by Gasteiger charge is 2.05. The summed E-state index contributed by atoms with van der Waals surface area (Å²) in [7, 11) is 0. The Hall–Kier alpha value is -1.29. The van der Waals surface area contributed by atoms with Crippen molar-refractivity contribution in [1.29, 1.82) is 0 Å². The zero-order chi connectivity index (χ0) is 10.6. The van der Waals surface area contributed by atoms with Gasteiger partial charge in [0.1, 0.15) is 5.82 Å². The van der Waals surface area contributed by atoms with E-state index in [1.165, 1.54) is 6.07 Å². The molecule has 0 radical (unpaired) electrons. The molecule has 0 aromatic heterocycles. The maximum atomic E-state index is 13.2. The van der Waals surface area contributed by atoms with Crippen LogP contribution in [0.3, 0.4) is 0 Å². The molecule has 0 spiro atoms. The van der Waals surface area contributed by atoms with Crippen LogP contribution in [0.15, 0.2) is 12.1 Å². The average Bonchev–Trinajstić information content (AvgIpc) is 2.19. The molecule has 1 rings (SSSR count). The lowest BCUT2D eigenvalue weighted by Crippen LogP contribution is -2.11. The maximum Gasteiger partial charge on any atom is 0.128 e. The minimum absolute atomic E-state index is 0.220. The van der Waals surface area contributed by atoms with Crippen LogP contribution in [-0.2, 0) is 0 Å². The molecule has 3 nitrogen and oxygen atoms in total. The molecule has 1 aromatic carbocycles. The van der Waals surface area contributed by atoms with Crippen molar-refractivity contribution in [2.75, 3.05) is 17.3 Å². The van der Waals surface area contributed by atoms with E-state index in [-0.39, 0.29) is 5.82 Å². The summed E-state index contributed by atoms with van der Waals surface area (Å²) in [6.45, 7) is 4.56. The number of hydrazine groups is 1. The zero-order valence-corrected chi connectivity index (χ0v) is 8.52. The van der Waals surface area contributed by atoms with Crippen LogP contribution < -0.4 is 16.6 Å². The van der Waals surface area contributed by atoms with Gasteiger partial charge in [-0.1, -0.05) is 6.92 Å². The van der Waals surface area contributed by atoms with E-state index in [1.54, 1.807) is 13.0 Å². The largest absolute Gasteiger partial charge is 0.383 e. The minimum Gasteiger partial charge on any atom is -0.383 e. The van der Waals surface area contributed by atoms with Crippen LogP contribution in [0.2, 0.25) is 0 Å². The van der Waals surface area contributed by atoms with Gasteiger partial charge in [0.15, 0.2) is 0 Å². The van der Waals surface area contributed by atoms with Gasteiger partial charge >= 0.3 is 0 Å². The van der Waals surface area contributed by atoms with Gasteiger partial charge in [0.25, 0.3) is 0 Å². The second kappa shape index (κ2) is 4.81. The summed E-state index contributed by atoms with van der Waals surface area (Å²) < 4.78 is 13.2. The second-order valence-electron chi connectivity index (χ2n) is 3.22. The van der Waals surface area contributed by atoms with Gasteiger partial charge < -0.3 is 10.7 Å². The first-order valence-corrected chi connectivity index (χ1v) is 4.69. The maximum absolute atomic E-state index is 13.2. The minimum atomic E-state index is -0.220. The van der Waals surface area contributed by atoms with Crippen molar-refractivity contribution in [3.63, 3.8) is 0 Å². The number of nitrogens with two attached hydrogens (primary N) is 1. The molecule has 0 aliphatic heterocycles. The van der Waals surface area contributed by atoms with Crippen LogP contribution in [0.25, 0.3) is 0 Å². The number of benzene rings is 1. The molecule has 78 valence electrons. The summed E-state index contributed by atoms with van der Waals surface area (Å²) in [6, 6.07) is 3.15. The van der Waals surface area contributed by atoms with Crippen molar-refractivity contribution in [2.45, 2.75) is 20.3 Å². The Balaban J connectivity index is 2.95. The van der Waals surface area contributed by atoms with Gasteiger partial charge in [0, 0.05) is 6.54 Å². The zero-order valence-electron chi connectivity index (χ0n) is 8.52. The lowest BCUT2D eigenvalue weighted by Gasteiger charge is -2.12. The number of hydrogen-bond acceptors (Lipinski definition) is 3. The summed E-state index contributed by atoms with van der Waals surface area (Å²) >= 11 is 0. The standard InChI is InChI=1S/C10H16FN3/c1-3-4-13-9-6-8(11)7(2)5-10(9)14-12/h5-6,13-14H,3-4,12H2,1-2H3. The Bertz CT molecular complexity index is 312. The molecule has 1 aromatic rings. The van der Waals surface area contributed by atoms with E-state index in [0.29, 0.717) is 11.3 Å². The van der Waals surface area contributed by atoms with Crippen molar-refractivity contribution in [3.05, 3.63) is 23.5 Å². The van der Waals surface area contributed by atoms with Gasteiger partial charge in [-0.25, -0.2) is 4.39 Å². The average molecular weight is 197 g/mol. The van der Waals surface area contributed by atoms with Gasteiger partial charge in [0.2, 0.25) is 0 Å². The third kappa shape index (κ3) is 2.35. The smallest absolute Gasteiger partial charge is 0.128 e. The van der Waals surface area contributed by atoms with E-state index in [2.05, 4.69) is 10.7 Å². The monoisotopic (exact) mass is 197 g/mol. The highest BCUT2D eigenvalue weighted by Crippen LogP contribution is 2.24. The second-order valence-corrected chi connectivity index (χ2v) is 3.22. The number of rotatable bonds is 4. The number of nitrogen functional groups attached to an aromatic ring is 1. The molecule has 0 atom stereocenters. The summed E-state index contributed by atoms with van der Waals surface area (Å²) in [4.78, 5) is 0.